The van der Waals surface area contributed by atoms with Crippen molar-refractivity contribution in [2.45, 2.75) is 45.4 Å². The lowest BCUT2D eigenvalue weighted by atomic mass is 10.2. The average molecular weight is 322 g/mol. The Morgan fingerprint density at radius 2 is 2.04 bits per heavy atom. The highest BCUT2D eigenvalue weighted by molar-refractivity contribution is 5.07. The molecule has 0 spiro atoms. The van der Waals surface area contributed by atoms with Crippen molar-refractivity contribution in [2.24, 2.45) is 0 Å². The summed E-state index contributed by atoms with van der Waals surface area (Å²) in [4.78, 5) is 4.75. The first-order chi connectivity index (χ1) is 11.1. The number of aryl methyl sites for hydroxylation is 2. The molecule has 2 fully saturated rings. The second-order valence-corrected chi connectivity index (χ2v) is 6.97. The molecule has 0 aromatic carbocycles. The second kappa shape index (κ2) is 7.75. The second-order valence-electron chi connectivity index (χ2n) is 6.97. The maximum Gasteiger partial charge on any atom is 0.0793 e. The van der Waals surface area contributed by atoms with E-state index >= 15 is 0 Å². The van der Waals surface area contributed by atoms with E-state index in [1.165, 1.54) is 18.5 Å². The predicted molar refractivity (Wildman–Crippen MR) is 89.6 cm³/mol. The fourth-order valence-corrected chi connectivity index (χ4v) is 3.81. The molecule has 6 nitrogen and oxygen atoms in total. The summed E-state index contributed by atoms with van der Waals surface area (Å²) in [6, 6.07) is 2.62. The van der Waals surface area contributed by atoms with Gasteiger partial charge in [0.05, 0.1) is 31.6 Å². The van der Waals surface area contributed by atoms with Crippen LogP contribution in [-0.2, 0) is 11.3 Å². The van der Waals surface area contributed by atoms with Gasteiger partial charge < -0.3 is 9.84 Å². The average Bonchev–Trinajstić information content (AvgIpc) is 3.07. The van der Waals surface area contributed by atoms with E-state index in [-0.39, 0.29) is 6.10 Å². The van der Waals surface area contributed by atoms with E-state index in [1.807, 2.05) is 6.92 Å². The lowest BCUT2D eigenvalue weighted by molar-refractivity contribution is 0.00529. The fraction of sp³-hybridized carbons (Fsp3) is 0.824. The Hall–Kier alpha value is -0.950. The summed E-state index contributed by atoms with van der Waals surface area (Å²) in [7, 11) is 0. The van der Waals surface area contributed by atoms with E-state index < -0.39 is 0 Å². The minimum Gasteiger partial charge on any atom is -0.390 e. The zero-order chi connectivity index (χ0) is 16.2. The summed E-state index contributed by atoms with van der Waals surface area (Å²) in [6.07, 6.45) is 2.13. The number of hydrogen-bond acceptors (Lipinski definition) is 5. The van der Waals surface area contributed by atoms with Crippen LogP contribution in [0.5, 0.6) is 0 Å². The normalized spacial score (nSPS) is 25.1. The molecular weight excluding hydrogens is 292 g/mol. The highest BCUT2D eigenvalue weighted by Crippen LogP contribution is 2.20. The topological polar surface area (TPSA) is 53.8 Å². The molecule has 130 valence electrons. The largest absolute Gasteiger partial charge is 0.390 e. The quantitative estimate of drug-likeness (QED) is 0.834. The minimum atomic E-state index is -0.283. The van der Waals surface area contributed by atoms with Gasteiger partial charge in [-0.25, -0.2) is 0 Å². The van der Waals surface area contributed by atoms with Crippen molar-refractivity contribution >= 4 is 0 Å². The van der Waals surface area contributed by atoms with Crippen LogP contribution < -0.4 is 0 Å². The number of aromatic nitrogens is 2. The van der Waals surface area contributed by atoms with Crippen molar-refractivity contribution in [1.29, 1.82) is 0 Å². The SMILES string of the molecule is Cc1cc(C)n(C[C@H]2CCCN2C[C@@H](O)CN2CCOCC2)n1. The third kappa shape index (κ3) is 4.53. The number of ether oxygens (including phenoxy) is 1. The highest BCUT2D eigenvalue weighted by atomic mass is 16.5. The van der Waals surface area contributed by atoms with Crippen molar-refractivity contribution < 1.29 is 9.84 Å². The predicted octanol–water partition coefficient (Wildman–Crippen LogP) is 0.657. The molecule has 0 aliphatic carbocycles. The number of β-amino-alcohol motifs (C(OH)–C–C–N with tert-alkyl or cyclic N) is 1. The Balaban J connectivity index is 1.51. The van der Waals surface area contributed by atoms with Crippen LogP contribution in [0.2, 0.25) is 0 Å². The first kappa shape index (κ1) is 16.9. The molecule has 6 heteroatoms. The van der Waals surface area contributed by atoms with Gasteiger partial charge in [-0.1, -0.05) is 0 Å². The number of hydrogen-bond donors (Lipinski definition) is 1. The molecule has 2 saturated heterocycles. The number of morpholine rings is 1. The Morgan fingerprint density at radius 3 is 2.74 bits per heavy atom. The molecular formula is C17H30N4O2. The number of nitrogens with zero attached hydrogens (tertiary/aromatic N) is 4. The molecule has 3 rings (SSSR count). The van der Waals surface area contributed by atoms with E-state index in [2.05, 4.69) is 32.6 Å². The molecule has 3 heterocycles. The molecule has 2 aliphatic heterocycles. The monoisotopic (exact) mass is 322 g/mol. The van der Waals surface area contributed by atoms with Gasteiger partial charge in [0.25, 0.3) is 0 Å². The smallest absolute Gasteiger partial charge is 0.0793 e. The molecule has 1 aromatic rings. The van der Waals surface area contributed by atoms with Gasteiger partial charge in [-0.05, 0) is 39.3 Å². The van der Waals surface area contributed by atoms with Gasteiger partial charge in [-0.2, -0.15) is 5.10 Å². The molecule has 2 atom stereocenters. The van der Waals surface area contributed by atoms with Crippen molar-refractivity contribution in [3.05, 3.63) is 17.5 Å². The highest BCUT2D eigenvalue weighted by Gasteiger charge is 2.28. The molecule has 0 saturated carbocycles. The van der Waals surface area contributed by atoms with E-state index in [4.69, 9.17) is 4.74 Å². The molecule has 2 aliphatic rings. The van der Waals surface area contributed by atoms with E-state index in [0.29, 0.717) is 6.04 Å². The van der Waals surface area contributed by atoms with Gasteiger partial charge in [0.15, 0.2) is 0 Å². The minimum absolute atomic E-state index is 0.283. The third-order valence-corrected chi connectivity index (χ3v) is 5.00. The standard InChI is InChI=1S/C17H30N4O2/c1-14-10-15(2)21(18-14)11-16-4-3-5-20(16)13-17(22)12-19-6-8-23-9-7-19/h10,16-17,22H,3-9,11-13H2,1-2H3/t16-,17+/m1/s1. The third-order valence-electron chi connectivity index (χ3n) is 5.00. The Morgan fingerprint density at radius 1 is 1.26 bits per heavy atom. The molecule has 0 radical (unpaired) electrons. The van der Waals surface area contributed by atoms with Gasteiger partial charge >= 0.3 is 0 Å². The van der Waals surface area contributed by atoms with Crippen LogP contribution in [0.25, 0.3) is 0 Å². The summed E-state index contributed by atoms with van der Waals surface area (Å²) < 4.78 is 7.49. The van der Waals surface area contributed by atoms with Gasteiger partial charge in [-0.3, -0.25) is 14.5 Å². The summed E-state index contributed by atoms with van der Waals surface area (Å²) in [5.74, 6) is 0. The van der Waals surface area contributed by atoms with Crippen LogP contribution in [-0.4, -0.2) is 82.8 Å². The summed E-state index contributed by atoms with van der Waals surface area (Å²) in [5, 5.41) is 15.0. The fourth-order valence-electron chi connectivity index (χ4n) is 3.81. The Kier molecular flexibility index (Phi) is 5.69. The zero-order valence-electron chi connectivity index (χ0n) is 14.4. The van der Waals surface area contributed by atoms with E-state index in [1.54, 1.807) is 0 Å². The maximum atomic E-state index is 10.5. The van der Waals surface area contributed by atoms with Crippen LogP contribution in [0.15, 0.2) is 6.07 Å². The number of aliphatic hydroxyl groups excluding tert-OH is 1. The number of rotatable bonds is 6. The Labute approximate surface area is 139 Å². The molecule has 23 heavy (non-hydrogen) atoms. The van der Waals surface area contributed by atoms with Gasteiger partial charge in [0.1, 0.15) is 0 Å². The molecule has 1 N–H and O–H groups in total. The lowest BCUT2D eigenvalue weighted by Gasteiger charge is -2.32. The molecule has 1 aromatic heterocycles. The van der Waals surface area contributed by atoms with E-state index in [9.17, 15) is 5.11 Å². The number of likely N-dealkylation sites (tertiary alicyclic amines) is 1. The first-order valence-corrected chi connectivity index (χ1v) is 8.85. The maximum absolute atomic E-state index is 10.5. The van der Waals surface area contributed by atoms with Crippen LogP contribution in [0, 0.1) is 13.8 Å². The Bertz CT molecular complexity index is 499. The van der Waals surface area contributed by atoms with Crippen LogP contribution in [0.3, 0.4) is 0 Å². The molecule has 0 bridgehead atoms. The van der Waals surface area contributed by atoms with Gasteiger partial charge in [0.2, 0.25) is 0 Å². The van der Waals surface area contributed by atoms with Crippen LogP contribution in [0.1, 0.15) is 24.2 Å². The molecule has 0 amide bonds. The van der Waals surface area contributed by atoms with Crippen LogP contribution in [0.4, 0.5) is 0 Å². The zero-order valence-corrected chi connectivity index (χ0v) is 14.4. The summed E-state index contributed by atoms with van der Waals surface area (Å²) >= 11 is 0. The lowest BCUT2D eigenvalue weighted by Crippen LogP contribution is -2.46. The number of aliphatic hydroxyl groups is 1. The van der Waals surface area contributed by atoms with Crippen molar-refractivity contribution in [2.75, 3.05) is 45.9 Å². The molecule has 0 unspecified atom stereocenters. The van der Waals surface area contributed by atoms with Gasteiger partial charge in [-0.15, -0.1) is 0 Å². The van der Waals surface area contributed by atoms with Crippen molar-refractivity contribution in [3.8, 4) is 0 Å². The summed E-state index contributed by atoms with van der Waals surface area (Å²) in [6.45, 7) is 11.2. The van der Waals surface area contributed by atoms with Gasteiger partial charge in [0, 0.05) is 37.9 Å². The summed E-state index contributed by atoms with van der Waals surface area (Å²) in [5.41, 5.74) is 2.31. The van der Waals surface area contributed by atoms with Crippen LogP contribution >= 0.6 is 0 Å². The van der Waals surface area contributed by atoms with Crippen molar-refractivity contribution in [3.63, 3.8) is 0 Å². The van der Waals surface area contributed by atoms with E-state index in [0.717, 1.165) is 58.2 Å². The van der Waals surface area contributed by atoms with Crippen molar-refractivity contribution in [1.82, 2.24) is 19.6 Å². The first-order valence-electron chi connectivity index (χ1n) is 8.85.